The average Bonchev–Trinajstić information content (AvgIpc) is 3.14. The van der Waals surface area contributed by atoms with E-state index < -0.39 is 0 Å². The Hall–Kier alpha value is -2.86. The first-order valence-electron chi connectivity index (χ1n) is 8.22. The Bertz CT molecular complexity index is 742. The lowest BCUT2D eigenvalue weighted by atomic mass is 10.1. The molecule has 0 aliphatic carbocycles. The summed E-state index contributed by atoms with van der Waals surface area (Å²) in [6, 6.07) is 10.3. The molecule has 1 aromatic carbocycles. The molecule has 3 rings (SSSR count). The van der Waals surface area contributed by atoms with E-state index in [1.165, 1.54) is 12.3 Å². The number of aliphatic hydroxyl groups is 1. The summed E-state index contributed by atoms with van der Waals surface area (Å²) in [6.07, 6.45) is 5.42. The maximum absolute atomic E-state index is 12.4. The van der Waals surface area contributed by atoms with Crippen molar-refractivity contribution < 1.29 is 19.1 Å². The number of benzene rings is 1. The number of rotatable bonds is 4. The minimum atomic E-state index is -0.309. The van der Waals surface area contributed by atoms with Crippen LogP contribution >= 0.6 is 0 Å². The van der Waals surface area contributed by atoms with E-state index in [2.05, 4.69) is 5.32 Å². The first-order valence-corrected chi connectivity index (χ1v) is 8.22. The van der Waals surface area contributed by atoms with E-state index in [0.29, 0.717) is 42.9 Å². The Balaban J connectivity index is 1.56. The number of amides is 2. The van der Waals surface area contributed by atoms with Crippen LogP contribution in [0.4, 0.5) is 5.69 Å². The van der Waals surface area contributed by atoms with Crippen LogP contribution in [0, 0.1) is 0 Å². The number of hydrogen-bond acceptors (Lipinski definition) is 4. The molecule has 130 valence electrons. The molecule has 1 aliphatic rings. The summed E-state index contributed by atoms with van der Waals surface area (Å²) in [5.41, 5.74) is 1.18. The van der Waals surface area contributed by atoms with Gasteiger partial charge < -0.3 is 19.7 Å². The highest BCUT2D eigenvalue weighted by Gasteiger charge is 2.22. The molecule has 6 heteroatoms. The number of piperidine rings is 1. The molecule has 0 bridgehead atoms. The Morgan fingerprint density at radius 1 is 1.16 bits per heavy atom. The Morgan fingerprint density at radius 2 is 1.88 bits per heavy atom. The molecule has 1 aliphatic heterocycles. The SMILES string of the molecule is O=C(/C=C/c1ccco1)Nc1ccc(C(=O)N2CCC(O)CC2)cc1. The lowest BCUT2D eigenvalue weighted by Crippen LogP contribution is -2.40. The van der Waals surface area contributed by atoms with Crippen LogP contribution in [0.15, 0.2) is 53.2 Å². The molecule has 2 amide bonds. The van der Waals surface area contributed by atoms with Crippen molar-refractivity contribution in [3.8, 4) is 0 Å². The van der Waals surface area contributed by atoms with Gasteiger partial charge in [-0.15, -0.1) is 0 Å². The molecule has 2 aromatic rings. The average molecular weight is 340 g/mol. The molecule has 0 radical (unpaired) electrons. The molecule has 6 nitrogen and oxygen atoms in total. The largest absolute Gasteiger partial charge is 0.465 e. The zero-order valence-electron chi connectivity index (χ0n) is 13.7. The zero-order chi connectivity index (χ0) is 17.6. The quantitative estimate of drug-likeness (QED) is 0.838. The fourth-order valence-corrected chi connectivity index (χ4v) is 2.68. The van der Waals surface area contributed by atoms with E-state index in [9.17, 15) is 14.7 Å². The highest BCUT2D eigenvalue weighted by Crippen LogP contribution is 2.16. The van der Waals surface area contributed by atoms with E-state index in [0.717, 1.165) is 0 Å². The van der Waals surface area contributed by atoms with Gasteiger partial charge in [0.25, 0.3) is 5.91 Å². The standard InChI is InChI=1S/C19H20N2O4/c22-16-9-11-21(12-10-16)19(24)14-3-5-15(6-4-14)20-18(23)8-7-17-2-1-13-25-17/h1-8,13,16,22H,9-12H2,(H,20,23)/b8-7+. The molecule has 0 saturated carbocycles. The van der Waals surface area contributed by atoms with Crippen LogP contribution in [0.25, 0.3) is 6.08 Å². The van der Waals surface area contributed by atoms with Crippen LogP contribution in [0.2, 0.25) is 0 Å². The van der Waals surface area contributed by atoms with Crippen molar-refractivity contribution in [1.82, 2.24) is 4.90 Å². The zero-order valence-corrected chi connectivity index (χ0v) is 13.7. The van der Waals surface area contributed by atoms with E-state index in [4.69, 9.17) is 4.42 Å². The second-order valence-electron chi connectivity index (χ2n) is 5.94. The lowest BCUT2D eigenvalue weighted by Gasteiger charge is -2.29. The van der Waals surface area contributed by atoms with Gasteiger partial charge in [-0.05, 0) is 55.3 Å². The number of likely N-dealkylation sites (tertiary alicyclic amines) is 1. The summed E-state index contributed by atoms with van der Waals surface area (Å²) >= 11 is 0. The van der Waals surface area contributed by atoms with Crippen LogP contribution in [-0.2, 0) is 4.79 Å². The number of aliphatic hydroxyl groups excluding tert-OH is 1. The molecule has 1 fully saturated rings. The van der Waals surface area contributed by atoms with Gasteiger partial charge in [0, 0.05) is 30.4 Å². The minimum absolute atomic E-state index is 0.0532. The highest BCUT2D eigenvalue weighted by molar-refractivity contribution is 6.02. The summed E-state index contributed by atoms with van der Waals surface area (Å²) in [4.78, 5) is 26.0. The van der Waals surface area contributed by atoms with Crippen molar-refractivity contribution in [3.05, 3.63) is 60.1 Å². The molecular weight excluding hydrogens is 320 g/mol. The lowest BCUT2D eigenvalue weighted by molar-refractivity contribution is -0.111. The number of nitrogens with one attached hydrogen (secondary N) is 1. The fraction of sp³-hybridized carbons (Fsp3) is 0.263. The number of anilines is 1. The fourth-order valence-electron chi connectivity index (χ4n) is 2.68. The van der Waals surface area contributed by atoms with Crippen molar-refractivity contribution in [2.24, 2.45) is 0 Å². The number of hydrogen-bond donors (Lipinski definition) is 2. The van der Waals surface area contributed by atoms with Crippen LogP contribution in [0.1, 0.15) is 29.0 Å². The van der Waals surface area contributed by atoms with Gasteiger partial charge in [-0.25, -0.2) is 0 Å². The predicted molar refractivity (Wildman–Crippen MR) is 94.0 cm³/mol. The van der Waals surface area contributed by atoms with E-state index in [1.54, 1.807) is 47.4 Å². The first kappa shape index (κ1) is 17.0. The van der Waals surface area contributed by atoms with Crippen LogP contribution < -0.4 is 5.32 Å². The summed E-state index contributed by atoms with van der Waals surface area (Å²) in [5.74, 6) is 0.269. The van der Waals surface area contributed by atoms with Gasteiger partial charge in [0.05, 0.1) is 12.4 Å². The molecular formula is C19H20N2O4. The molecule has 1 aromatic heterocycles. The summed E-state index contributed by atoms with van der Waals surface area (Å²) < 4.78 is 5.12. The van der Waals surface area contributed by atoms with Crippen LogP contribution in [0.5, 0.6) is 0 Å². The Labute approximate surface area is 145 Å². The van der Waals surface area contributed by atoms with Crippen molar-refractivity contribution in [2.75, 3.05) is 18.4 Å². The molecule has 2 N–H and O–H groups in total. The maximum Gasteiger partial charge on any atom is 0.253 e. The van der Waals surface area contributed by atoms with Gasteiger partial charge in [0.1, 0.15) is 5.76 Å². The van der Waals surface area contributed by atoms with Crippen molar-refractivity contribution in [2.45, 2.75) is 18.9 Å². The molecule has 0 atom stereocenters. The number of carbonyl (C=O) groups excluding carboxylic acids is 2. The van der Waals surface area contributed by atoms with Gasteiger partial charge in [0.15, 0.2) is 0 Å². The van der Waals surface area contributed by atoms with Gasteiger partial charge >= 0.3 is 0 Å². The van der Waals surface area contributed by atoms with E-state index in [-0.39, 0.29) is 17.9 Å². The van der Waals surface area contributed by atoms with Crippen molar-refractivity contribution in [3.63, 3.8) is 0 Å². The van der Waals surface area contributed by atoms with Gasteiger partial charge in [-0.3, -0.25) is 9.59 Å². The molecule has 0 spiro atoms. The normalized spacial score (nSPS) is 15.5. The number of nitrogens with zero attached hydrogens (tertiary/aromatic N) is 1. The molecule has 2 heterocycles. The highest BCUT2D eigenvalue weighted by atomic mass is 16.3. The molecule has 1 saturated heterocycles. The topological polar surface area (TPSA) is 82.8 Å². The van der Waals surface area contributed by atoms with Crippen LogP contribution in [-0.4, -0.2) is 41.0 Å². The van der Waals surface area contributed by atoms with Crippen LogP contribution in [0.3, 0.4) is 0 Å². The first-order chi connectivity index (χ1) is 12.1. The molecule has 0 unspecified atom stereocenters. The second-order valence-corrected chi connectivity index (χ2v) is 5.94. The third-order valence-corrected chi connectivity index (χ3v) is 4.09. The monoisotopic (exact) mass is 340 g/mol. The maximum atomic E-state index is 12.4. The smallest absolute Gasteiger partial charge is 0.253 e. The van der Waals surface area contributed by atoms with E-state index in [1.807, 2.05) is 0 Å². The summed E-state index contributed by atoms with van der Waals surface area (Å²) in [5, 5.41) is 12.2. The van der Waals surface area contributed by atoms with Gasteiger partial charge in [-0.2, -0.15) is 0 Å². The summed E-state index contributed by atoms with van der Waals surface area (Å²) in [6.45, 7) is 1.13. The molecule has 25 heavy (non-hydrogen) atoms. The van der Waals surface area contributed by atoms with Gasteiger partial charge in [-0.1, -0.05) is 0 Å². The Kier molecular flexibility index (Phi) is 5.30. The third-order valence-electron chi connectivity index (χ3n) is 4.09. The predicted octanol–water partition coefficient (Wildman–Crippen LogP) is 2.53. The minimum Gasteiger partial charge on any atom is -0.465 e. The number of furan rings is 1. The van der Waals surface area contributed by atoms with Crippen molar-refractivity contribution >= 4 is 23.6 Å². The number of carbonyl (C=O) groups is 2. The second kappa shape index (κ2) is 7.81. The summed E-state index contributed by atoms with van der Waals surface area (Å²) in [7, 11) is 0. The Morgan fingerprint density at radius 3 is 2.52 bits per heavy atom. The van der Waals surface area contributed by atoms with Gasteiger partial charge in [0.2, 0.25) is 5.91 Å². The van der Waals surface area contributed by atoms with E-state index >= 15 is 0 Å². The van der Waals surface area contributed by atoms with Crippen molar-refractivity contribution in [1.29, 1.82) is 0 Å². The third kappa shape index (κ3) is 4.58.